The van der Waals surface area contributed by atoms with Crippen LogP contribution in [0.1, 0.15) is 28.8 Å². The highest BCUT2D eigenvalue weighted by molar-refractivity contribution is 6.10. The molecule has 1 fully saturated rings. The lowest BCUT2D eigenvalue weighted by atomic mass is 9.94. The van der Waals surface area contributed by atoms with Gasteiger partial charge in [0.25, 0.3) is 5.91 Å². The molecule has 1 aliphatic heterocycles. The van der Waals surface area contributed by atoms with Crippen molar-refractivity contribution in [3.05, 3.63) is 71.8 Å². The third kappa shape index (κ3) is 3.60. The molecule has 1 heterocycles. The number of amides is 1. The van der Waals surface area contributed by atoms with Crippen LogP contribution in [0.2, 0.25) is 0 Å². The third-order valence-corrected chi connectivity index (χ3v) is 5.33. The molecule has 3 nitrogen and oxygen atoms in total. The van der Waals surface area contributed by atoms with Gasteiger partial charge < -0.3 is 9.64 Å². The predicted octanol–water partition coefficient (Wildman–Crippen LogP) is 5.07. The first-order valence-corrected chi connectivity index (χ1v) is 9.59. The summed E-state index contributed by atoms with van der Waals surface area (Å²) in [4.78, 5) is 14.9. The van der Waals surface area contributed by atoms with Gasteiger partial charge in [-0.2, -0.15) is 0 Å². The number of nitrogens with zero attached hydrogens (tertiary/aromatic N) is 1. The molecule has 1 atom stereocenters. The minimum atomic E-state index is 0.0532. The van der Waals surface area contributed by atoms with Gasteiger partial charge in [-0.3, -0.25) is 4.79 Å². The van der Waals surface area contributed by atoms with E-state index in [1.807, 2.05) is 31.3 Å². The van der Waals surface area contributed by atoms with Gasteiger partial charge in [-0.25, -0.2) is 0 Å². The number of carbonyl (C=O) groups excluding carboxylic acids is 1. The Balaban J connectivity index is 1.72. The lowest BCUT2D eigenvalue weighted by Gasteiger charge is -2.22. The number of carbonyl (C=O) groups is 1. The number of likely N-dealkylation sites (N-methyl/N-ethyl adjacent to an activating group) is 1. The van der Waals surface area contributed by atoms with Gasteiger partial charge in [0.15, 0.2) is 0 Å². The Hall–Kier alpha value is -2.65. The summed E-state index contributed by atoms with van der Waals surface area (Å²) in [6, 6.07) is 20.7. The lowest BCUT2D eigenvalue weighted by molar-refractivity contribution is 0.0588. The molecular formula is C24H25NO2. The van der Waals surface area contributed by atoms with Gasteiger partial charge in [0.1, 0.15) is 0 Å². The van der Waals surface area contributed by atoms with Crippen molar-refractivity contribution in [3.8, 4) is 11.1 Å². The maximum atomic E-state index is 13.1. The van der Waals surface area contributed by atoms with Crippen LogP contribution in [0.15, 0.2) is 60.7 Å². The normalized spacial score (nSPS) is 16.6. The molecule has 0 spiro atoms. The molecule has 1 saturated heterocycles. The number of fused-ring (bicyclic) bond motifs is 1. The topological polar surface area (TPSA) is 29.5 Å². The first-order chi connectivity index (χ1) is 13.1. The summed E-state index contributed by atoms with van der Waals surface area (Å²) in [5, 5.41) is 2.11. The summed E-state index contributed by atoms with van der Waals surface area (Å²) in [5.74, 6) is 0.0532. The standard InChI is InChI=1S/C24H25NO2/c1-17-7-3-8-18(15-17)20-10-4-12-22-21(20)11-5-13-23(22)24(26)25(2)16-19-9-6-14-27-19/h3-5,7-8,10-13,15,19H,6,9,14,16H2,1-2H3. The van der Waals surface area contributed by atoms with Crippen molar-refractivity contribution in [2.45, 2.75) is 25.9 Å². The molecule has 1 unspecified atom stereocenters. The van der Waals surface area contributed by atoms with Crippen molar-refractivity contribution in [2.75, 3.05) is 20.2 Å². The fourth-order valence-electron chi connectivity index (χ4n) is 3.94. The smallest absolute Gasteiger partial charge is 0.254 e. The van der Waals surface area contributed by atoms with E-state index in [4.69, 9.17) is 4.74 Å². The summed E-state index contributed by atoms with van der Waals surface area (Å²) in [5.41, 5.74) is 4.32. The second-order valence-corrected chi connectivity index (χ2v) is 7.40. The average molecular weight is 359 g/mol. The van der Waals surface area contributed by atoms with Crippen LogP contribution in [-0.2, 0) is 4.74 Å². The molecule has 0 radical (unpaired) electrons. The molecule has 0 bridgehead atoms. The van der Waals surface area contributed by atoms with Crippen molar-refractivity contribution in [1.29, 1.82) is 0 Å². The minimum absolute atomic E-state index is 0.0532. The maximum Gasteiger partial charge on any atom is 0.254 e. The quantitative estimate of drug-likeness (QED) is 0.651. The van der Waals surface area contributed by atoms with Gasteiger partial charge >= 0.3 is 0 Å². The molecule has 3 aromatic rings. The highest BCUT2D eigenvalue weighted by Gasteiger charge is 2.22. The zero-order valence-electron chi connectivity index (χ0n) is 15.9. The van der Waals surface area contributed by atoms with Crippen LogP contribution >= 0.6 is 0 Å². The Bertz CT molecular complexity index is 973. The van der Waals surface area contributed by atoms with Gasteiger partial charge in [-0.15, -0.1) is 0 Å². The predicted molar refractivity (Wildman–Crippen MR) is 110 cm³/mol. The molecule has 0 saturated carbocycles. The Morgan fingerprint density at radius 2 is 1.85 bits per heavy atom. The molecule has 3 aromatic carbocycles. The van der Waals surface area contributed by atoms with E-state index in [1.165, 1.54) is 11.1 Å². The Morgan fingerprint density at radius 3 is 2.63 bits per heavy atom. The lowest BCUT2D eigenvalue weighted by Crippen LogP contribution is -2.34. The fourth-order valence-corrected chi connectivity index (χ4v) is 3.94. The van der Waals surface area contributed by atoms with E-state index in [0.717, 1.165) is 41.3 Å². The van der Waals surface area contributed by atoms with Crippen LogP contribution in [0, 0.1) is 6.92 Å². The molecule has 4 rings (SSSR count). The monoisotopic (exact) mass is 359 g/mol. The SMILES string of the molecule is Cc1cccc(-c2cccc3c(C(=O)N(C)CC4CCCO4)cccc23)c1. The first-order valence-electron chi connectivity index (χ1n) is 9.59. The summed E-state index contributed by atoms with van der Waals surface area (Å²) in [6.07, 6.45) is 2.28. The Kier molecular flexibility index (Phi) is 4.95. The number of benzene rings is 3. The molecule has 0 aromatic heterocycles. The van der Waals surface area contributed by atoms with Crippen LogP contribution in [-0.4, -0.2) is 37.1 Å². The van der Waals surface area contributed by atoms with Gasteiger partial charge in [0.2, 0.25) is 0 Å². The zero-order valence-corrected chi connectivity index (χ0v) is 15.9. The average Bonchev–Trinajstić information content (AvgIpc) is 3.19. The highest BCUT2D eigenvalue weighted by atomic mass is 16.5. The van der Waals surface area contributed by atoms with Gasteiger partial charge in [-0.1, -0.05) is 60.2 Å². The number of hydrogen-bond donors (Lipinski definition) is 0. The van der Waals surface area contributed by atoms with Crippen LogP contribution in [0.25, 0.3) is 21.9 Å². The van der Waals surface area contributed by atoms with Crippen molar-refractivity contribution < 1.29 is 9.53 Å². The number of hydrogen-bond acceptors (Lipinski definition) is 2. The van der Waals surface area contributed by atoms with E-state index >= 15 is 0 Å². The minimum Gasteiger partial charge on any atom is -0.376 e. The number of aryl methyl sites for hydroxylation is 1. The fraction of sp³-hybridized carbons (Fsp3) is 0.292. The largest absolute Gasteiger partial charge is 0.376 e. The second kappa shape index (κ2) is 7.53. The molecule has 3 heteroatoms. The summed E-state index contributed by atoms with van der Waals surface area (Å²) in [7, 11) is 1.87. The summed E-state index contributed by atoms with van der Waals surface area (Å²) >= 11 is 0. The molecule has 1 amide bonds. The van der Waals surface area contributed by atoms with E-state index < -0.39 is 0 Å². The summed E-state index contributed by atoms with van der Waals surface area (Å²) in [6.45, 7) is 3.55. The van der Waals surface area contributed by atoms with Gasteiger partial charge in [-0.05, 0) is 47.7 Å². The van der Waals surface area contributed by atoms with Gasteiger partial charge in [0, 0.05) is 25.8 Å². The van der Waals surface area contributed by atoms with E-state index in [1.54, 1.807) is 4.90 Å². The van der Waals surface area contributed by atoms with E-state index in [2.05, 4.69) is 43.3 Å². The number of rotatable bonds is 4. The van der Waals surface area contributed by atoms with Crippen molar-refractivity contribution in [3.63, 3.8) is 0 Å². The highest BCUT2D eigenvalue weighted by Crippen LogP contribution is 2.31. The molecule has 138 valence electrons. The van der Waals surface area contributed by atoms with Crippen LogP contribution in [0.4, 0.5) is 0 Å². The third-order valence-electron chi connectivity index (χ3n) is 5.33. The Labute approximate surface area is 160 Å². The van der Waals surface area contributed by atoms with Crippen LogP contribution in [0.5, 0.6) is 0 Å². The molecule has 27 heavy (non-hydrogen) atoms. The van der Waals surface area contributed by atoms with Crippen molar-refractivity contribution in [2.24, 2.45) is 0 Å². The molecule has 1 aliphatic rings. The van der Waals surface area contributed by atoms with Gasteiger partial charge in [0.05, 0.1) is 6.10 Å². The Morgan fingerprint density at radius 1 is 1.07 bits per heavy atom. The molecular weight excluding hydrogens is 334 g/mol. The zero-order chi connectivity index (χ0) is 18.8. The van der Waals surface area contributed by atoms with Crippen molar-refractivity contribution >= 4 is 16.7 Å². The first kappa shape index (κ1) is 17.7. The second-order valence-electron chi connectivity index (χ2n) is 7.40. The van der Waals surface area contributed by atoms with E-state index in [0.29, 0.717) is 6.54 Å². The van der Waals surface area contributed by atoms with E-state index in [-0.39, 0.29) is 12.0 Å². The molecule has 0 aliphatic carbocycles. The van der Waals surface area contributed by atoms with Crippen LogP contribution < -0.4 is 0 Å². The van der Waals surface area contributed by atoms with E-state index in [9.17, 15) is 4.79 Å². The van der Waals surface area contributed by atoms with Crippen LogP contribution in [0.3, 0.4) is 0 Å². The maximum absolute atomic E-state index is 13.1. The molecule has 0 N–H and O–H groups in total. The number of ether oxygens (including phenoxy) is 1. The summed E-state index contributed by atoms with van der Waals surface area (Å²) < 4.78 is 5.69. The van der Waals surface area contributed by atoms with Crippen molar-refractivity contribution in [1.82, 2.24) is 4.90 Å².